The Labute approximate surface area is 135 Å². The van der Waals surface area contributed by atoms with Crippen molar-refractivity contribution in [3.63, 3.8) is 0 Å². The lowest BCUT2D eigenvalue weighted by Crippen LogP contribution is -2.14. The molecule has 0 saturated carbocycles. The highest BCUT2D eigenvalue weighted by Crippen LogP contribution is 2.22. The van der Waals surface area contributed by atoms with Gasteiger partial charge in [0, 0.05) is 19.4 Å². The molecule has 0 aliphatic rings. The fraction of sp³-hybridized carbons (Fsp3) is 0.231. The van der Waals surface area contributed by atoms with Crippen molar-refractivity contribution in [2.24, 2.45) is 7.05 Å². The molecular formula is C13H14N10O. The molecule has 0 aromatic carbocycles. The number of aryl methyl sites for hydroxylation is 2. The van der Waals surface area contributed by atoms with E-state index in [9.17, 15) is 4.79 Å². The number of H-pyrrole nitrogens is 1. The van der Waals surface area contributed by atoms with Gasteiger partial charge < -0.3 is 9.88 Å². The van der Waals surface area contributed by atoms with Gasteiger partial charge in [-0.2, -0.15) is 20.1 Å². The number of carbonyl (C=O) groups excluding carboxylic acids is 1. The van der Waals surface area contributed by atoms with Crippen LogP contribution in [0.5, 0.6) is 0 Å². The average molecular weight is 326 g/mol. The Morgan fingerprint density at radius 3 is 2.88 bits per heavy atom. The number of aromatic nitrogens is 9. The zero-order chi connectivity index (χ0) is 16.8. The van der Waals surface area contributed by atoms with Gasteiger partial charge in [-0.05, 0) is 19.1 Å². The Morgan fingerprint density at radius 2 is 2.12 bits per heavy atom. The molecule has 24 heavy (non-hydrogen) atoms. The zero-order valence-corrected chi connectivity index (χ0v) is 13.2. The Morgan fingerprint density at radius 1 is 1.29 bits per heavy atom. The minimum absolute atomic E-state index is 0.259. The van der Waals surface area contributed by atoms with Crippen LogP contribution in [0.2, 0.25) is 0 Å². The lowest BCUT2D eigenvalue weighted by Gasteiger charge is -2.05. The Balaban J connectivity index is 1.71. The van der Waals surface area contributed by atoms with Gasteiger partial charge in [-0.3, -0.25) is 4.79 Å². The molecule has 11 heteroatoms. The van der Waals surface area contributed by atoms with Crippen LogP contribution in [0.1, 0.15) is 21.7 Å². The minimum Gasteiger partial charge on any atom is -0.334 e. The highest BCUT2D eigenvalue weighted by Gasteiger charge is 2.20. The maximum Gasteiger partial charge on any atom is 0.290 e. The number of hydrogen-bond donors (Lipinski definition) is 2. The van der Waals surface area contributed by atoms with Gasteiger partial charge in [0.25, 0.3) is 11.9 Å². The highest BCUT2D eigenvalue weighted by atomic mass is 16.1. The van der Waals surface area contributed by atoms with E-state index in [0.717, 1.165) is 0 Å². The number of hydrogen-bond acceptors (Lipinski definition) is 6. The van der Waals surface area contributed by atoms with Crippen LogP contribution in [0.4, 0.5) is 5.69 Å². The molecule has 1 amide bonds. The molecule has 4 aromatic heterocycles. The number of tetrazole rings is 1. The molecule has 0 bridgehead atoms. The van der Waals surface area contributed by atoms with E-state index >= 15 is 0 Å². The van der Waals surface area contributed by atoms with E-state index in [1.54, 1.807) is 23.8 Å². The van der Waals surface area contributed by atoms with Crippen LogP contribution in [0.25, 0.3) is 11.6 Å². The molecule has 0 spiro atoms. The van der Waals surface area contributed by atoms with Crippen molar-refractivity contribution in [3.8, 4) is 5.95 Å². The summed E-state index contributed by atoms with van der Waals surface area (Å²) in [5.41, 5.74) is 3.17. The second-order valence-electron chi connectivity index (χ2n) is 5.36. The number of anilines is 1. The van der Waals surface area contributed by atoms with Gasteiger partial charge in [-0.1, -0.05) is 5.10 Å². The van der Waals surface area contributed by atoms with Crippen LogP contribution in [0.15, 0.2) is 18.6 Å². The first kappa shape index (κ1) is 14.1. The van der Waals surface area contributed by atoms with Crippen LogP contribution >= 0.6 is 0 Å². The molecule has 11 nitrogen and oxygen atoms in total. The topological polar surface area (TPSA) is 124 Å². The van der Waals surface area contributed by atoms with Crippen molar-refractivity contribution in [3.05, 3.63) is 35.5 Å². The summed E-state index contributed by atoms with van der Waals surface area (Å²) in [7, 11) is 1.86. The van der Waals surface area contributed by atoms with E-state index < -0.39 is 0 Å². The van der Waals surface area contributed by atoms with Crippen molar-refractivity contribution >= 4 is 17.2 Å². The molecule has 2 N–H and O–H groups in total. The van der Waals surface area contributed by atoms with Gasteiger partial charge in [-0.25, -0.2) is 4.52 Å². The van der Waals surface area contributed by atoms with Gasteiger partial charge in [0.1, 0.15) is 11.2 Å². The molecule has 122 valence electrons. The maximum absolute atomic E-state index is 12.7. The number of aromatic amines is 1. The van der Waals surface area contributed by atoms with E-state index in [1.165, 1.54) is 4.68 Å². The van der Waals surface area contributed by atoms with Crippen LogP contribution in [0, 0.1) is 13.8 Å². The number of rotatable bonds is 3. The van der Waals surface area contributed by atoms with Crippen molar-refractivity contribution in [1.82, 2.24) is 44.6 Å². The Kier molecular flexibility index (Phi) is 2.95. The van der Waals surface area contributed by atoms with Crippen LogP contribution in [-0.2, 0) is 7.05 Å². The predicted molar refractivity (Wildman–Crippen MR) is 82.9 cm³/mol. The minimum atomic E-state index is -0.259. The normalized spacial score (nSPS) is 11.3. The van der Waals surface area contributed by atoms with E-state index in [2.05, 4.69) is 36.1 Å². The molecule has 0 fully saturated rings. The van der Waals surface area contributed by atoms with E-state index in [0.29, 0.717) is 34.2 Å². The van der Waals surface area contributed by atoms with Gasteiger partial charge >= 0.3 is 0 Å². The van der Waals surface area contributed by atoms with Crippen LogP contribution in [-0.4, -0.2) is 50.5 Å². The largest absolute Gasteiger partial charge is 0.334 e. The van der Waals surface area contributed by atoms with Crippen LogP contribution in [0.3, 0.4) is 0 Å². The van der Waals surface area contributed by atoms with Gasteiger partial charge in [-0.15, -0.1) is 5.10 Å². The Bertz CT molecular complexity index is 1030. The van der Waals surface area contributed by atoms with Crippen molar-refractivity contribution in [2.45, 2.75) is 13.8 Å². The summed E-state index contributed by atoms with van der Waals surface area (Å²) >= 11 is 0. The van der Waals surface area contributed by atoms with Crippen molar-refractivity contribution in [1.29, 1.82) is 0 Å². The number of amides is 1. The number of nitrogens with one attached hydrogen (secondary N) is 2. The lowest BCUT2D eigenvalue weighted by molar-refractivity contribution is 0.102. The summed E-state index contributed by atoms with van der Waals surface area (Å²) in [5.74, 6) is 0.0529. The third-order valence-electron chi connectivity index (χ3n) is 3.83. The molecule has 0 atom stereocenters. The Hall–Kier alpha value is -3.50. The van der Waals surface area contributed by atoms with Gasteiger partial charge in [0.15, 0.2) is 0 Å². The average Bonchev–Trinajstić information content (AvgIpc) is 3.30. The summed E-state index contributed by atoms with van der Waals surface area (Å²) in [6, 6.07) is 0. The molecule has 4 rings (SSSR count). The number of carbonyl (C=O) groups is 1. The lowest BCUT2D eigenvalue weighted by atomic mass is 10.2. The van der Waals surface area contributed by atoms with Gasteiger partial charge in [0.05, 0.1) is 23.3 Å². The SMILES string of the molecule is Cc1nn(-c2nn[nH]n2)c(C)c1NC(=O)c1cnn2ccn(C)c12. The first-order valence-electron chi connectivity index (χ1n) is 7.16. The number of imidazole rings is 1. The van der Waals surface area contributed by atoms with Crippen molar-refractivity contribution < 1.29 is 4.79 Å². The summed E-state index contributed by atoms with van der Waals surface area (Å²) in [6.07, 6.45) is 5.17. The molecule has 0 saturated heterocycles. The second-order valence-corrected chi connectivity index (χ2v) is 5.36. The smallest absolute Gasteiger partial charge is 0.290 e. The fourth-order valence-electron chi connectivity index (χ4n) is 2.66. The molecule has 4 aromatic rings. The standard InChI is InChI=1S/C13H14N10O/c1-7-10(8(2)23(18-7)13-16-19-20-17-13)15-11(24)9-6-14-22-5-4-21(3)12(9)22/h4-6H,1-3H3,(H,15,24)(H,16,17,19,20). The van der Waals surface area contributed by atoms with E-state index in [1.807, 2.05) is 24.7 Å². The molecule has 0 radical (unpaired) electrons. The summed E-state index contributed by atoms with van der Waals surface area (Å²) < 4.78 is 5.01. The first-order chi connectivity index (χ1) is 11.6. The van der Waals surface area contributed by atoms with Gasteiger partial charge in [0.2, 0.25) is 0 Å². The monoisotopic (exact) mass is 326 g/mol. The molecule has 0 unspecified atom stereocenters. The molecule has 4 heterocycles. The fourth-order valence-corrected chi connectivity index (χ4v) is 2.66. The van der Waals surface area contributed by atoms with E-state index in [4.69, 9.17) is 0 Å². The number of fused-ring (bicyclic) bond motifs is 1. The highest BCUT2D eigenvalue weighted by molar-refractivity contribution is 6.08. The zero-order valence-electron chi connectivity index (χ0n) is 13.2. The summed E-state index contributed by atoms with van der Waals surface area (Å²) in [5, 5.41) is 25.1. The molecular weight excluding hydrogens is 312 g/mol. The second kappa shape index (κ2) is 5.01. The summed E-state index contributed by atoms with van der Waals surface area (Å²) in [4.78, 5) is 12.7. The quantitative estimate of drug-likeness (QED) is 0.556. The molecule has 0 aliphatic carbocycles. The summed E-state index contributed by atoms with van der Waals surface area (Å²) in [6.45, 7) is 3.62. The predicted octanol–water partition coefficient (Wildman–Crippen LogP) is 0.241. The van der Waals surface area contributed by atoms with Crippen molar-refractivity contribution in [2.75, 3.05) is 5.32 Å². The van der Waals surface area contributed by atoms with E-state index in [-0.39, 0.29) is 5.91 Å². The maximum atomic E-state index is 12.7. The first-order valence-corrected chi connectivity index (χ1v) is 7.16. The molecule has 0 aliphatic heterocycles. The third-order valence-corrected chi connectivity index (χ3v) is 3.83. The third kappa shape index (κ3) is 1.98. The number of nitrogens with zero attached hydrogens (tertiary/aromatic N) is 8. The van der Waals surface area contributed by atoms with Crippen LogP contribution < -0.4 is 5.32 Å².